The number of ether oxygens (including phenoxy) is 1. The number of aryl methyl sites for hydroxylation is 3. The molecule has 1 amide bonds. The van der Waals surface area contributed by atoms with Gasteiger partial charge >= 0.3 is 5.97 Å². The van der Waals surface area contributed by atoms with Crippen LogP contribution in [0.4, 0.5) is 5.69 Å². The van der Waals surface area contributed by atoms with Crippen molar-refractivity contribution in [1.82, 2.24) is 5.32 Å². The molecule has 46 heavy (non-hydrogen) atoms. The summed E-state index contributed by atoms with van der Waals surface area (Å²) in [6.45, 7) is 19.3. The molecule has 3 rings (SSSR count). The molecule has 0 fully saturated rings. The number of carbonyl (C=O) groups excluding carboxylic acids is 2. The van der Waals surface area contributed by atoms with Crippen LogP contribution >= 0.6 is 0 Å². The van der Waals surface area contributed by atoms with Gasteiger partial charge in [-0.25, -0.2) is 4.79 Å². The van der Waals surface area contributed by atoms with Gasteiger partial charge in [0.15, 0.2) is 0 Å². The summed E-state index contributed by atoms with van der Waals surface area (Å²) in [6.07, 6.45) is 2.66. The zero-order valence-electron chi connectivity index (χ0n) is 29.7. The largest absolute Gasteiger partial charge is 0.543 e. The average molecular weight is 645 g/mol. The summed E-state index contributed by atoms with van der Waals surface area (Å²) >= 11 is 0. The molecule has 0 aliphatic heterocycles. The number of hydrogen-bond donors (Lipinski definition) is 2. The number of benzene rings is 3. The van der Waals surface area contributed by atoms with Gasteiger partial charge < -0.3 is 19.8 Å². The minimum absolute atomic E-state index is 0.289. The summed E-state index contributed by atoms with van der Waals surface area (Å²) < 4.78 is 12.5. The zero-order chi connectivity index (χ0) is 34.1. The Labute approximate surface area is 278 Å². The summed E-state index contributed by atoms with van der Waals surface area (Å²) in [5.74, 6) is 0.238. The molecule has 250 valence electrons. The molecule has 0 heterocycles. The van der Waals surface area contributed by atoms with Gasteiger partial charge in [0.05, 0.1) is 0 Å². The van der Waals surface area contributed by atoms with Crippen molar-refractivity contribution in [3.63, 3.8) is 0 Å². The Morgan fingerprint density at radius 2 is 1.35 bits per heavy atom. The van der Waals surface area contributed by atoms with Gasteiger partial charge in [-0.05, 0) is 110 Å². The van der Waals surface area contributed by atoms with Gasteiger partial charge in [-0.3, -0.25) is 4.79 Å². The van der Waals surface area contributed by atoms with Crippen LogP contribution in [0.2, 0.25) is 16.6 Å². The number of rotatable bonds is 15. The van der Waals surface area contributed by atoms with Crippen LogP contribution < -0.4 is 15.1 Å². The van der Waals surface area contributed by atoms with Crippen LogP contribution in [-0.4, -0.2) is 38.9 Å². The fourth-order valence-electron chi connectivity index (χ4n) is 6.57. The first kappa shape index (κ1) is 36.9. The summed E-state index contributed by atoms with van der Waals surface area (Å²) in [5.41, 5.74) is 5.74. The highest BCUT2D eigenvalue weighted by Gasteiger charge is 2.47. The maximum Gasteiger partial charge on any atom is 0.329 e. The van der Waals surface area contributed by atoms with Gasteiger partial charge in [0.25, 0.3) is 14.2 Å². The number of esters is 1. The van der Waals surface area contributed by atoms with E-state index in [0.717, 1.165) is 35.4 Å². The Balaban J connectivity index is 1.74. The molecule has 1 atom stereocenters. The van der Waals surface area contributed by atoms with Crippen molar-refractivity contribution in [2.24, 2.45) is 0 Å². The molecule has 3 aromatic rings. The first-order chi connectivity index (χ1) is 21.7. The number of carbonyl (C=O) groups is 2. The van der Waals surface area contributed by atoms with E-state index in [1.54, 1.807) is 6.07 Å². The van der Waals surface area contributed by atoms with Crippen molar-refractivity contribution in [1.29, 1.82) is 0 Å². The number of amides is 1. The molecular weight excluding hydrogens is 589 g/mol. The van der Waals surface area contributed by atoms with Crippen LogP contribution in [0.5, 0.6) is 5.75 Å². The maximum atomic E-state index is 13.5. The predicted molar refractivity (Wildman–Crippen MR) is 193 cm³/mol. The molecule has 2 N–H and O–H groups in total. The minimum atomic E-state index is -2.02. The number of anilines is 1. The second-order valence-corrected chi connectivity index (χ2v) is 19.6. The molecule has 0 bridgehead atoms. The van der Waals surface area contributed by atoms with E-state index < -0.39 is 25.9 Å². The molecule has 7 heteroatoms. The SMILES string of the molecule is CNc1ccc(C(=O)N[C@@H](CCc2ccccc2)C(=O)OC(C)(C)C)cc1CCc1ccc(O[Si](C(C)C)(C(C)C)C(C)C)cc1. The summed E-state index contributed by atoms with van der Waals surface area (Å²) in [6, 6.07) is 23.4. The Morgan fingerprint density at radius 3 is 1.89 bits per heavy atom. The first-order valence-electron chi connectivity index (χ1n) is 16.8. The minimum Gasteiger partial charge on any atom is -0.543 e. The topological polar surface area (TPSA) is 76.7 Å². The lowest BCUT2D eigenvalue weighted by molar-refractivity contribution is -0.157. The van der Waals surface area contributed by atoms with Crippen molar-refractivity contribution in [3.8, 4) is 5.75 Å². The quantitative estimate of drug-likeness (QED) is 0.127. The zero-order valence-corrected chi connectivity index (χ0v) is 30.7. The van der Waals surface area contributed by atoms with Crippen molar-refractivity contribution >= 4 is 25.9 Å². The third-order valence-corrected chi connectivity index (χ3v) is 14.8. The Hall–Kier alpha value is -3.58. The molecule has 0 aliphatic rings. The van der Waals surface area contributed by atoms with E-state index >= 15 is 0 Å². The molecular formula is C39H56N2O4Si. The molecule has 0 aromatic heterocycles. The molecule has 0 radical (unpaired) electrons. The van der Waals surface area contributed by atoms with Crippen LogP contribution in [0.3, 0.4) is 0 Å². The van der Waals surface area contributed by atoms with Gasteiger partial charge in [0.2, 0.25) is 0 Å². The van der Waals surface area contributed by atoms with Crippen LogP contribution in [0.15, 0.2) is 72.8 Å². The predicted octanol–water partition coefficient (Wildman–Crippen LogP) is 9.14. The third kappa shape index (κ3) is 9.96. The Bertz CT molecular complexity index is 1390. The van der Waals surface area contributed by atoms with Gasteiger partial charge in [-0.15, -0.1) is 0 Å². The molecule has 3 aromatic carbocycles. The molecule has 0 spiro atoms. The van der Waals surface area contributed by atoms with Crippen LogP contribution in [-0.2, 0) is 28.8 Å². The fraction of sp³-hybridized carbons (Fsp3) is 0.487. The van der Waals surface area contributed by atoms with E-state index in [-0.39, 0.29) is 5.91 Å². The highest BCUT2D eigenvalue weighted by molar-refractivity contribution is 6.78. The van der Waals surface area contributed by atoms with E-state index in [1.165, 1.54) is 5.56 Å². The lowest BCUT2D eigenvalue weighted by atomic mass is 9.99. The normalized spacial score (nSPS) is 12.7. The van der Waals surface area contributed by atoms with Gasteiger partial charge in [-0.1, -0.05) is 84.0 Å². The lowest BCUT2D eigenvalue weighted by Crippen LogP contribution is -2.50. The standard InChI is InChI=1S/C39H56N2O4Si/c1-27(2)46(28(3)4,29(5)6)45-34-22-17-31(18-23-34)16-20-32-26-33(21-25-35(32)40-10)37(42)41-36(38(43)44-39(7,8)9)24-19-30-14-12-11-13-15-30/h11-15,17-18,21-23,25-29,36,40H,16,19-20,24H2,1-10H3,(H,41,42)/t36-/m0/s1. The van der Waals surface area contributed by atoms with Gasteiger partial charge in [0.1, 0.15) is 17.4 Å². The molecule has 0 saturated carbocycles. The lowest BCUT2D eigenvalue weighted by Gasteiger charge is -2.42. The molecule has 0 aliphatic carbocycles. The summed E-state index contributed by atoms with van der Waals surface area (Å²) in [4.78, 5) is 26.6. The number of nitrogens with one attached hydrogen (secondary N) is 2. The maximum absolute atomic E-state index is 13.5. The van der Waals surface area contributed by atoms with Gasteiger partial charge in [0, 0.05) is 18.3 Å². The molecule has 0 saturated heterocycles. The number of hydrogen-bond acceptors (Lipinski definition) is 5. The van der Waals surface area contributed by atoms with E-state index in [0.29, 0.717) is 35.0 Å². The van der Waals surface area contributed by atoms with Crippen LogP contribution in [0, 0.1) is 0 Å². The van der Waals surface area contributed by atoms with E-state index in [2.05, 4.69) is 76.4 Å². The van der Waals surface area contributed by atoms with Gasteiger partial charge in [-0.2, -0.15) is 0 Å². The molecule has 0 unspecified atom stereocenters. The average Bonchev–Trinajstić information content (AvgIpc) is 3.00. The summed E-state index contributed by atoms with van der Waals surface area (Å²) in [7, 11) is -0.125. The van der Waals surface area contributed by atoms with E-state index in [1.807, 2.05) is 70.3 Å². The third-order valence-electron chi connectivity index (χ3n) is 8.81. The first-order valence-corrected chi connectivity index (χ1v) is 19.0. The second-order valence-electron chi connectivity index (χ2n) is 14.3. The van der Waals surface area contributed by atoms with Crippen LogP contribution in [0.1, 0.15) is 95.8 Å². The second kappa shape index (κ2) is 16.3. The van der Waals surface area contributed by atoms with Crippen molar-refractivity contribution in [2.45, 2.75) is 116 Å². The monoisotopic (exact) mass is 644 g/mol. The van der Waals surface area contributed by atoms with Crippen molar-refractivity contribution in [3.05, 3.63) is 95.1 Å². The smallest absolute Gasteiger partial charge is 0.329 e. The van der Waals surface area contributed by atoms with E-state index in [9.17, 15) is 9.59 Å². The Kier molecular flexibility index (Phi) is 13.1. The fourth-order valence-corrected chi connectivity index (χ4v) is 11.8. The highest BCUT2D eigenvalue weighted by atomic mass is 28.4. The molecule has 6 nitrogen and oxygen atoms in total. The van der Waals surface area contributed by atoms with Crippen molar-refractivity contribution < 1.29 is 18.8 Å². The Morgan fingerprint density at radius 1 is 0.761 bits per heavy atom. The van der Waals surface area contributed by atoms with Crippen molar-refractivity contribution in [2.75, 3.05) is 12.4 Å². The summed E-state index contributed by atoms with van der Waals surface area (Å²) in [5, 5.41) is 6.23. The van der Waals surface area contributed by atoms with Crippen LogP contribution in [0.25, 0.3) is 0 Å². The van der Waals surface area contributed by atoms with E-state index in [4.69, 9.17) is 9.16 Å². The highest BCUT2D eigenvalue weighted by Crippen LogP contribution is 2.42.